The van der Waals surface area contributed by atoms with Gasteiger partial charge in [-0.15, -0.1) is 0 Å². The third-order valence-electron chi connectivity index (χ3n) is 10.2. The minimum absolute atomic E-state index is 0.167. The Morgan fingerprint density at radius 3 is 1.23 bits per heavy atom. The highest BCUT2D eigenvalue weighted by molar-refractivity contribution is 5.99. The van der Waals surface area contributed by atoms with E-state index in [1.165, 1.54) is 19.2 Å². The van der Waals surface area contributed by atoms with E-state index in [9.17, 15) is 29.4 Å². The van der Waals surface area contributed by atoms with E-state index in [2.05, 4.69) is 13.2 Å². The summed E-state index contributed by atoms with van der Waals surface area (Å²) in [5.74, 6) is -3.29. The molecule has 0 atom stereocenters. The summed E-state index contributed by atoms with van der Waals surface area (Å²) in [4.78, 5) is 48.9. The van der Waals surface area contributed by atoms with Gasteiger partial charge in [-0.25, -0.2) is 19.2 Å². The maximum atomic E-state index is 13.4. The van der Waals surface area contributed by atoms with Crippen molar-refractivity contribution in [1.29, 1.82) is 0 Å². The highest BCUT2D eigenvalue weighted by Gasteiger charge is 2.29. The number of nitrogens with zero attached hydrogens (tertiary/aromatic N) is 1. The van der Waals surface area contributed by atoms with Gasteiger partial charge in [0.15, 0.2) is 0 Å². The molecular weight excluding hydrogens is 795 g/mol. The van der Waals surface area contributed by atoms with Crippen molar-refractivity contribution in [3.8, 4) is 34.8 Å². The SMILES string of the molecule is C=CC(=O)OCCCCCCCCOc1ccc2cc(C(=O)Oc3c(OC(=O)c4ccc5cc(OCCCCCCCCOC(=O)C=C)ccc5c4)c(O)n(C)c3O)ccc2c1. The molecule has 0 aliphatic rings. The predicted molar refractivity (Wildman–Crippen MR) is 235 cm³/mol. The first-order valence-corrected chi connectivity index (χ1v) is 21.0. The lowest BCUT2D eigenvalue weighted by Crippen LogP contribution is -2.12. The number of carbonyl (C=O) groups is 4. The Balaban J connectivity index is 1.09. The molecule has 0 aliphatic heterocycles. The summed E-state index contributed by atoms with van der Waals surface area (Å²) >= 11 is 0. The molecule has 0 aliphatic carbocycles. The first-order valence-electron chi connectivity index (χ1n) is 21.0. The first kappa shape index (κ1) is 46.3. The number of ether oxygens (including phenoxy) is 6. The average Bonchev–Trinajstić information content (AvgIpc) is 3.48. The van der Waals surface area contributed by atoms with E-state index in [-0.39, 0.29) is 11.1 Å². The lowest BCUT2D eigenvalue weighted by atomic mass is 10.1. The lowest BCUT2D eigenvalue weighted by Gasteiger charge is -2.10. The van der Waals surface area contributed by atoms with Crippen LogP contribution in [0.2, 0.25) is 0 Å². The lowest BCUT2D eigenvalue weighted by molar-refractivity contribution is -0.138. The van der Waals surface area contributed by atoms with E-state index in [0.29, 0.717) is 37.9 Å². The summed E-state index contributed by atoms with van der Waals surface area (Å²) in [7, 11) is 1.33. The third kappa shape index (κ3) is 13.6. The van der Waals surface area contributed by atoms with Gasteiger partial charge in [0.1, 0.15) is 11.5 Å². The number of unbranched alkanes of at least 4 members (excludes halogenated alkanes) is 10. The van der Waals surface area contributed by atoms with Crippen LogP contribution in [0.1, 0.15) is 97.8 Å². The van der Waals surface area contributed by atoms with Crippen LogP contribution in [-0.2, 0) is 26.1 Å². The van der Waals surface area contributed by atoms with Crippen molar-refractivity contribution in [3.05, 3.63) is 109 Å². The Morgan fingerprint density at radius 2 is 0.839 bits per heavy atom. The number of hydrogen-bond acceptors (Lipinski definition) is 12. The summed E-state index contributed by atoms with van der Waals surface area (Å²) in [6.07, 6.45) is 14.1. The van der Waals surface area contributed by atoms with Gasteiger partial charge in [-0.3, -0.25) is 4.57 Å². The van der Waals surface area contributed by atoms with Crippen molar-refractivity contribution in [2.45, 2.75) is 77.0 Å². The molecule has 1 aromatic heterocycles. The van der Waals surface area contributed by atoms with Crippen molar-refractivity contribution in [2.24, 2.45) is 7.05 Å². The van der Waals surface area contributed by atoms with Gasteiger partial charge in [0.05, 0.1) is 37.6 Å². The number of carbonyl (C=O) groups excluding carboxylic acids is 4. The number of aromatic nitrogens is 1. The molecule has 0 unspecified atom stereocenters. The van der Waals surface area contributed by atoms with Gasteiger partial charge in [-0.1, -0.05) is 88.8 Å². The van der Waals surface area contributed by atoms with E-state index in [0.717, 1.165) is 103 Å². The molecule has 0 bridgehead atoms. The third-order valence-corrected chi connectivity index (χ3v) is 10.2. The summed E-state index contributed by atoms with van der Waals surface area (Å²) in [5, 5.41) is 24.7. The Morgan fingerprint density at radius 1 is 0.500 bits per heavy atom. The summed E-state index contributed by atoms with van der Waals surface area (Å²) < 4.78 is 33.9. The van der Waals surface area contributed by atoms with Gasteiger partial charge in [-0.05, 0) is 95.8 Å². The fourth-order valence-electron chi connectivity index (χ4n) is 6.64. The molecule has 328 valence electrons. The molecule has 0 radical (unpaired) electrons. The molecule has 0 fully saturated rings. The van der Waals surface area contributed by atoms with Crippen molar-refractivity contribution in [2.75, 3.05) is 26.4 Å². The normalized spacial score (nSPS) is 10.9. The largest absolute Gasteiger partial charge is 0.494 e. The molecular formula is C49H55NO12. The molecule has 1 heterocycles. The van der Waals surface area contributed by atoms with Crippen LogP contribution in [0, 0.1) is 0 Å². The highest BCUT2D eigenvalue weighted by atomic mass is 16.6. The zero-order chi connectivity index (χ0) is 44.3. The quantitative estimate of drug-likeness (QED) is 0.0307. The zero-order valence-corrected chi connectivity index (χ0v) is 35.2. The van der Waals surface area contributed by atoms with E-state index >= 15 is 0 Å². The van der Waals surface area contributed by atoms with Gasteiger partial charge in [0, 0.05) is 19.2 Å². The molecule has 5 rings (SSSR count). The van der Waals surface area contributed by atoms with E-state index < -0.39 is 47.1 Å². The van der Waals surface area contributed by atoms with Crippen molar-refractivity contribution in [1.82, 2.24) is 4.57 Å². The fourth-order valence-corrected chi connectivity index (χ4v) is 6.64. The molecule has 2 N–H and O–H groups in total. The second kappa shape index (κ2) is 23.9. The summed E-state index contributed by atoms with van der Waals surface area (Å²) in [6, 6.07) is 21.0. The van der Waals surface area contributed by atoms with Gasteiger partial charge in [-0.2, -0.15) is 0 Å². The second-order valence-electron chi connectivity index (χ2n) is 14.8. The Bertz CT molecular complexity index is 2180. The van der Waals surface area contributed by atoms with Crippen LogP contribution < -0.4 is 18.9 Å². The number of benzene rings is 4. The minimum Gasteiger partial charge on any atom is -0.494 e. The number of fused-ring (bicyclic) bond motifs is 2. The fraction of sp³-hybridized carbons (Fsp3) is 0.347. The molecule has 0 amide bonds. The molecule has 4 aromatic carbocycles. The van der Waals surface area contributed by atoms with Gasteiger partial charge in [0.25, 0.3) is 0 Å². The molecule has 5 aromatic rings. The van der Waals surface area contributed by atoms with Gasteiger partial charge < -0.3 is 38.6 Å². The molecule has 0 saturated carbocycles. The maximum Gasteiger partial charge on any atom is 0.343 e. The van der Waals surface area contributed by atoms with Crippen molar-refractivity contribution < 1.29 is 57.8 Å². The van der Waals surface area contributed by atoms with Crippen LogP contribution in [0.5, 0.6) is 34.8 Å². The maximum absolute atomic E-state index is 13.4. The minimum atomic E-state index is -0.840. The Labute approximate surface area is 361 Å². The van der Waals surface area contributed by atoms with Crippen LogP contribution >= 0.6 is 0 Å². The molecule has 13 heteroatoms. The highest BCUT2D eigenvalue weighted by Crippen LogP contribution is 2.47. The Kier molecular flexibility index (Phi) is 17.8. The molecule has 0 saturated heterocycles. The number of hydrogen-bond donors (Lipinski definition) is 2. The first-order chi connectivity index (χ1) is 30.1. The average molecular weight is 850 g/mol. The Hall–Kier alpha value is -6.76. The van der Waals surface area contributed by atoms with Crippen LogP contribution in [0.15, 0.2) is 98.1 Å². The van der Waals surface area contributed by atoms with Gasteiger partial charge in [0.2, 0.25) is 23.3 Å². The molecule has 13 nitrogen and oxygen atoms in total. The second-order valence-corrected chi connectivity index (χ2v) is 14.8. The van der Waals surface area contributed by atoms with Crippen LogP contribution in [-0.4, -0.2) is 65.1 Å². The number of aromatic hydroxyl groups is 2. The van der Waals surface area contributed by atoms with E-state index in [4.69, 9.17) is 28.4 Å². The van der Waals surface area contributed by atoms with Crippen molar-refractivity contribution >= 4 is 45.4 Å². The topological polar surface area (TPSA) is 169 Å². The van der Waals surface area contributed by atoms with Crippen LogP contribution in [0.4, 0.5) is 0 Å². The summed E-state index contributed by atoms with van der Waals surface area (Å²) in [5.41, 5.74) is 0.334. The van der Waals surface area contributed by atoms with Crippen LogP contribution in [0.25, 0.3) is 21.5 Å². The zero-order valence-electron chi connectivity index (χ0n) is 35.2. The molecule has 0 spiro atoms. The van der Waals surface area contributed by atoms with E-state index in [1.807, 2.05) is 36.4 Å². The smallest absolute Gasteiger partial charge is 0.343 e. The van der Waals surface area contributed by atoms with Crippen LogP contribution in [0.3, 0.4) is 0 Å². The van der Waals surface area contributed by atoms with Gasteiger partial charge >= 0.3 is 23.9 Å². The summed E-state index contributed by atoms with van der Waals surface area (Å²) in [6.45, 7) is 8.72. The molecule has 62 heavy (non-hydrogen) atoms. The standard InChI is InChI=1S/C49H55NO12/c1-4-42(51)59-28-16-12-8-6-10-14-26-57-40-24-22-34-30-38(20-18-36(34)32-40)48(55)61-44-45(47(54)50(3)46(44)53)62-49(56)39-21-19-37-33-41(25-23-35(37)31-39)58-27-15-11-7-9-13-17-29-60-43(52)5-2/h4-5,18-25,30-33,53-54H,1-2,6-17,26-29H2,3H3. The van der Waals surface area contributed by atoms with E-state index in [1.54, 1.807) is 36.4 Å². The number of esters is 4. The van der Waals surface area contributed by atoms with Crippen molar-refractivity contribution in [3.63, 3.8) is 0 Å². The predicted octanol–water partition coefficient (Wildman–Crippen LogP) is 10.1. The number of rotatable bonds is 26. The monoisotopic (exact) mass is 849 g/mol.